The molecular formula is C15H13F4NO. The van der Waals surface area contributed by atoms with Gasteiger partial charge in [0.1, 0.15) is 17.4 Å². The molecule has 0 fully saturated rings. The summed E-state index contributed by atoms with van der Waals surface area (Å²) in [6.45, 7) is -1.11. The third-order valence-corrected chi connectivity index (χ3v) is 2.91. The van der Waals surface area contributed by atoms with Crippen LogP contribution in [0.2, 0.25) is 0 Å². The van der Waals surface area contributed by atoms with Crippen LogP contribution in [0.1, 0.15) is 18.5 Å². The zero-order valence-electron chi connectivity index (χ0n) is 11.1. The van der Waals surface area contributed by atoms with Crippen molar-refractivity contribution in [2.24, 2.45) is 0 Å². The molecule has 0 aliphatic rings. The van der Waals surface area contributed by atoms with Crippen LogP contribution in [0.25, 0.3) is 0 Å². The molecule has 1 unspecified atom stereocenters. The molecule has 0 radical (unpaired) electrons. The van der Waals surface area contributed by atoms with E-state index >= 15 is 0 Å². The second kappa shape index (κ2) is 6.47. The lowest BCUT2D eigenvalue weighted by atomic mass is 10.1. The first kappa shape index (κ1) is 15.2. The van der Waals surface area contributed by atoms with Gasteiger partial charge in [-0.25, -0.2) is 8.78 Å². The molecular weight excluding hydrogens is 286 g/mol. The molecule has 0 bridgehead atoms. The lowest BCUT2D eigenvalue weighted by Crippen LogP contribution is -2.08. The number of benzene rings is 2. The summed E-state index contributed by atoms with van der Waals surface area (Å²) >= 11 is 0. The molecule has 0 saturated heterocycles. The summed E-state index contributed by atoms with van der Waals surface area (Å²) in [5, 5.41) is 2.88. The van der Waals surface area contributed by atoms with Gasteiger partial charge < -0.3 is 10.1 Å². The maximum Gasteiger partial charge on any atom is 0.387 e. The summed E-state index contributed by atoms with van der Waals surface area (Å²) in [6, 6.07) is 8.95. The van der Waals surface area contributed by atoms with Crippen LogP contribution in [0, 0.1) is 11.6 Å². The summed E-state index contributed by atoms with van der Waals surface area (Å²) in [4.78, 5) is 0. The number of hydrogen-bond acceptors (Lipinski definition) is 2. The number of hydrogen-bond donors (Lipinski definition) is 1. The predicted octanol–water partition coefficient (Wildman–Crippen LogP) is 4.74. The van der Waals surface area contributed by atoms with Crippen LogP contribution in [-0.4, -0.2) is 6.61 Å². The minimum atomic E-state index is -2.88. The lowest BCUT2D eigenvalue weighted by molar-refractivity contribution is -0.0498. The van der Waals surface area contributed by atoms with E-state index < -0.39 is 18.2 Å². The molecule has 6 heteroatoms. The smallest absolute Gasteiger partial charge is 0.387 e. The number of alkyl halides is 2. The van der Waals surface area contributed by atoms with E-state index in [1.807, 2.05) is 0 Å². The summed E-state index contributed by atoms with van der Waals surface area (Å²) < 4.78 is 54.7. The van der Waals surface area contributed by atoms with Crippen molar-refractivity contribution in [1.82, 2.24) is 0 Å². The molecule has 0 heterocycles. The van der Waals surface area contributed by atoms with Gasteiger partial charge in [0, 0.05) is 12.1 Å². The number of nitrogens with one attached hydrogen (secondary N) is 1. The zero-order chi connectivity index (χ0) is 15.4. The molecule has 2 nitrogen and oxygen atoms in total. The largest absolute Gasteiger partial charge is 0.435 e. The van der Waals surface area contributed by atoms with Crippen molar-refractivity contribution in [3.8, 4) is 5.75 Å². The topological polar surface area (TPSA) is 21.3 Å². The van der Waals surface area contributed by atoms with Crippen molar-refractivity contribution in [3.63, 3.8) is 0 Å². The zero-order valence-corrected chi connectivity index (χ0v) is 11.1. The van der Waals surface area contributed by atoms with Crippen LogP contribution in [-0.2, 0) is 0 Å². The molecule has 112 valence electrons. The molecule has 0 amide bonds. The first-order valence-electron chi connectivity index (χ1n) is 6.22. The third-order valence-electron chi connectivity index (χ3n) is 2.91. The van der Waals surface area contributed by atoms with Gasteiger partial charge >= 0.3 is 6.61 Å². The van der Waals surface area contributed by atoms with E-state index in [-0.39, 0.29) is 17.5 Å². The molecule has 0 saturated carbocycles. The molecule has 0 spiro atoms. The Morgan fingerprint density at radius 2 is 1.67 bits per heavy atom. The second-order valence-corrected chi connectivity index (χ2v) is 4.44. The van der Waals surface area contributed by atoms with Gasteiger partial charge in [-0.2, -0.15) is 8.78 Å². The highest BCUT2D eigenvalue weighted by Gasteiger charge is 2.10. The number of halogens is 4. The molecule has 21 heavy (non-hydrogen) atoms. The normalized spacial score (nSPS) is 12.3. The van der Waals surface area contributed by atoms with Crippen LogP contribution in [0.15, 0.2) is 42.5 Å². The number of anilines is 1. The van der Waals surface area contributed by atoms with Gasteiger partial charge in [-0.1, -0.05) is 12.1 Å². The quantitative estimate of drug-likeness (QED) is 0.805. The van der Waals surface area contributed by atoms with Crippen molar-refractivity contribution in [1.29, 1.82) is 0 Å². The Bertz CT molecular complexity index is 601. The highest BCUT2D eigenvalue weighted by atomic mass is 19.3. The summed E-state index contributed by atoms with van der Waals surface area (Å²) in [5.74, 6) is -1.30. The fraction of sp³-hybridized carbons (Fsp3) is 0.200. The number of ether oxygens (including phenoxy) is 1. The van der Waals surface area contributed by atoms with E-state index in [0.717, 1.165) is 17.7 Å². The molecule has 2 aromatic rings. The Morgan fingerprint density at radius 3 is 2.24 bits per heavy atom. The second-order valence-electron chi connectivity index (χ2n) is 4.44. The fourth-order valence-electron chi connectivity index (χ4n) is 1.86. The van der Waals surface area contributed by atoms with Crippen LogP contribution >= 0.6 is 0 Å². The number of rotatable bonds is 5. The molecule has 1 N–H and O–H groups in total. The Hall–Kier alpha value is -2.24. The van der Waals surface area contributed by atoms with Gasteiger partial charge in [0.25, 0.3) is 0 Å². The highest BCUT2D eigenvalue weighted by Crippen LogP contribution is 2.24. The average molecular weight is 299 g/mol. The van der Waals surface area contributed by atoms with E-state index in [1.165, 1.54) is 18.2 Å². The maximum absolute atomic E-state index is 13.5. The molecule has 0 aromatic heterocycles. The van der Waals surface area contributed by atoms with Crippen molar-refractivity contribution in [2.75, 3.05) is 5.32 Å². The van der Waals surface area contributed by atoms with Gasteiger partial charge in [0.2, 0.25) is 0 Å². The van der Waals surface area contributed by atoms with E-state index in [2.05, 4.69) is 10.1 Å². The average Bonchev–Trinajstić information content (AvgIpc) is 2.42. The molecule has 1 atom stereocenters. The van der Waals surface area contributed by atoms with Crippen LogP contribution in [0.5, 0.6) is 5.75 Å². The molecule has 2 rings (SSSR count). The van der Waals surface area contributed by atoms with Gasteiger partial charge in [-0.15, -0.1) is 0 Å². The van der Waals surface area contributed by atoms with Crippen LogP contribution < -0.4 is 10.1 Å². The summed E-state index contributed by atoms with van der Waals surface area (Å²) in [7, 11) is 0. The van der Waals surface area contributed by atoms with Gasteiger partial charge in [0.05, 0.1) is 5.69 Å². The van der Waals surface area contributed by atoms with Crippen molar-refractivity contribution >= 4 is 5.69 Å². The Labute approximate surface area is 119 Å². The van der Waals surface area contributed by atoms with Gasteiger partial charge in [-0.05, 0) is 36.8 Å². The Kier molecular flexibility index (Phi) is 4.67. The summed E-state index contributed by atoms with van der Waals surface area (Å²) in [5.41, 5.74) is 0.914. The van der Waals surface area contributed by atoms with Gasteiger partial charge in [-0.3, -0.25) is 0 Å². The minimum absolute atomic E-state index is 0.0499. The first-order chi connectivity index (χ1) is 9.95. The standard InChI is InChI=1S/C15H13F4NO/c1-9(20-14-7-4-11(16)8-13(14)17)10-2-5-12(6-3-10)21-15(18)19/h2-9,15,20H,1H3. The minimum Gasteiger partial charge on any atom is -0.435 e. The third kappa shape index (κ3) is 4.11. The van der Waals surface area contributed by atoms with Crippen molar-refractivity contribution in [3.05, 3.63) is 59.7 Å². The van der Waals surface area contributed by atoms with Crippen molar-refractivity contribution in [2.45, 2.75) is 19.6 Å². The lowest BCUT2D eigenvalue weighted by Gasteiger charge is -2.16. The van der Waals surface area contributed by atoms with Crippen LogP contribution in [0.3, 0.4) is 0 Å². The monoisotopic (exact) mass is 299 g/mol. The van der Waals surface area contributed by atoms with Gasteiger partial charge in [0.15, 0.2) is 0 Å². The highest BCUT2D eigenvalue weighted by molar-refractivity contribution is 5.47. The van der Waals surface area contributed by atoms with E-state index in [4.69, 9.17) is 0 Å². The van der Waals surface area contributed by atoms with E-state index in [9.17, 15) is 17.6 Å². The van der Waals surface area contributed by atoms with E-state index in [1.54, 1.807) is 19.1 Å². The Balaban J connectivity index is 2.07. The molecule has 0 aliphatic heterocycles. The van der Waals surface area contributed by atoms with Crippen LogP contribution in [0.4, 0.5) is 23.2 Å². The Morgan fingerprint density at radius 1 is 1.00 bits per heavy atom. The SMILES string of the molecule is CC(Nc1ccc(F)cc1F)c1ccc(OC(F)F)cc1. The fourth-order valence-corrected chi connectivity index (χ4v) is 1.86. The molecule has 0 aliphatic carbocycles. The van der Waals surface area contributed by atoms with E-state index in [0.29, 0.717) is 0 Å². The first-order valence-corrected chi connectivity index (χ1v) is 6.22. The predicted molar refractivity (Wildman–Crippen MR) is 71.5 cm³/mol. The van der Waals surface area contributed by atoms with Crippen molar-refractivity contribution < 1.29 is 22.3 Å². The maximum atomic E-state index is 13.5. The summed E-state index contributed by atoms with van der Waals surface area (Å²) in [6.07, 6.45) is 0. The molecule has 2 aromatic carbocycles.